The van der Waals surface area contributed by atoms with Crippen LogP contribution in [0.1, 0.15) is 33.1 Å². The Morgan fingerprint density at radius 2 is 2.21 bits per heavy atom. The quantitative estimate of drug-likeness (QED) is 0.483. The maximum atomic E-state index is 11.9. The lowest BCUT2D eigenvalue weighted by Gasteiger charge is -2.31. The van der Waals surface area contributed by atoms with Crippen molar-refractivity contribution < 1.29 is 4.79 Å². The molecule has 2 atom stereocenters. The number of hydrogen-bond acceptors (Lipinski definition) is 1. The Labute approximate surface area is 85.9 Å². The van der Waals surface area contributed by atoms with Crippen molar-refractivity contribution in [2.45, 2.75) is 33.1 Å². The van der Waals surface area contributed by atoms with Crippen LogP contribution in [0, 0.1) is 17.3 Å². The molecule has 0 aromatic rings. The third-order valence-corrected chi connectivity index (χ3v) is 3.68. The molecular weight excluding hydrogens is 172 g/mol. The summed E-state index contributed by atoms with van der Waals surface area (Å²) >= 11 is 0. The topological polar surface area (TPSA) is 17.1 Å². The fourth-order valence-electron chi connectivity index (χ4n) is 2.82. The fourth-order valence-corrected chi connectivity index (χ4v) is 2.82. The minimum atomic E-state index is 0.253. The first-order valence-electron chi connectivity index (χ1n) is 5.53. The molecule has 1 nitrogen and oxygen atoms in total. The van der Waals surface area contributed by atoms with Crippen molar-refractivity contribution >= 4 is 5.78 Å². The smallest absolute Gasteiger partial charge is 0.159 e. The summed E-state index contributed by atoms with van der Waals surface area (Å²) in [4.78, 5) is 11.9. The Kier molecular flexibility index (Phi) is 2.34. The van der Waals surface area contributed by atoms with E-state index in [0.29, 0.717) is 17.1 Å². The lowest BCUT2D eigenvalue weighted by atomic mass is 9.71. The van der Waals surface area contributed by atoms with Gasteiger partial charge in [-0.3, -0.25) is 4.79 Å². The second-order valence-corrected chi connectivity index (χ2v) is 4.73. The summed E-state index contributed by atoms with van der Waals surface area (Å²) in [6, 6.07) is 0. The van der Waals surface area contributed by atoms with E-state index < -0.39 is 0 Å². The summed E-state index contributed by atoms with van der Waals surface area (Å²) in [6.07, 6.45) is 11.7. The van der Waals surface area contributed by atoms with E-state index in [9.17, 15) is 4.79 Å². The van der Waals surface area contributed by atoms with Gasteiger partial charge in [-0.1, -0.05) is 25.2 Å². The Bertz CT molecular complexity index is 294. The average Bonchev–Trinajstić information content (AvgIpc) is 2.85. The van der Waals surface area contributed by atoms with Gasteiger partial charge in [0.15, 0.2) is 5.78 Å². The highest BCUT2D eigenvalue weighted by Gasteiger charge is 2.53. The molecule has 0 aliphatic heterocycles. The third-order valence-electron chi connectivity index (χ3n) is 3.68. The van der Waals surface area contributed by atoms with Gasteiger partial charge in [-0.2, -0.15) is 0 Å². The molecule has 1 saturated carbocycles. The van der Waals surface area contributed by atoms with Gasteiger partial charge in [0.1, 0.15) is 0 Å². The molecule has 1 spiro atoms. The van der Waals surface area contributed by atoms with Gasteiger partial charge in [0, 0.05) is 5.92 Å². The molecule has 0 aromatic carbocycles. The van der Waals surface area contributed by atoms with Crippen molar-refractivity contribution in [2.75, 3.05) is 0 Å². The fraction of sp³-hybridized carbons (Fsp3) is 0.615. The van der Waals surface area contributed by atoms with Crippen LogP contribution in [-0.2, 0) is 4.79 Å². The zero-order chi connectivity index (χ0) is 10.2. The molecule has 14 heavy (non-hydrogen) atoms. The summed E-state index contributed by atoms with van der Waals surface area (Å²) in [5, 5.41) is 0. The predicted molar refractivity (Wildman–Crippen MR) is 57.9 cm³/mol. The summed E-state index contributed by atoms with van der Waals surface area (Å²) < 4.78 is 0. The minimum absolute atomic E-state index is 0.253. The molecule has 0 unspecified atom stereocenters. The predicted octanol–water partition coefficient (Wildman–Crippen LogP) is 3.12. The van der Waals surface area contributed by atoms with Gasteiger partial charge in [0.05, 0.1) is 0 Å². The molecular formula is C13H18O. The first-order valence-corrected chi connectivity index (χ1v) is 5.53. The molecule has 0 amide bonds. The summed E-state index contributed by atoms with van der Waals surface area (Å²) in [5.41, 5.74) is 0.352. The molecule has 0 aromatic heterocycles. The molecule has 0 N–H and O–H groups in total. The number of allylic oxidation sites excluding steroid dienone is 4. The molecule has 2 aliphatic carbocycles. The van der Waals surface area contributed by atoms with E-state index in [0.717, 1.165) is 6.42 Å². The van der Waals surface area contributed by atoms with Crippen molar-refractivity contribution in [1.29, 1.82) is 0 Å². The van der Waals surface area contributed by atoms with E-state index in [1.54, 1.807) is 6.08 Å². The number of ketones is 1. The van der Waals surface area contributed by atoms with E-state index in [-0.39, 0.29) is 5.92 Å². The van der Waals surface area contributed by atoms with Crippen LogP contribution in [0.4, 0.5) is 0 Å². The Morgan fingerprint density at radius 3 is 2.79 bits per heavy atom. The first-order chi connectivity index (χ1) is 6.69. The summed E-state index contributed by atoms with van der Waals surface area (Å²) in [6.45, 7) is 4.09. The molecule has 2 aliphatic rings. The van der Waals surface area contributed by atoms with Crippen LogP contribution in [0.3, 0.4) is 0 Å². The number of rotatable bonds is 2. The first kappa shape index (κ1) is 9.70. The molecule has 2 rings (SSSR count). The molecule has 0 radical (unpaired) electrons. The molecule has 0 saturated heterocycles. The highest BCUT2D eigenvalue weighted by molar-refractivity contribution is 5.93. The van der Waals surface area contributed by atoms with Crippen LogP contribution in [0.25, 0.3) is 0 Å². The second-order valence-electron chi connectivity index (χ2n) is 4.73. The van der Waals surface area contributed by atoms with Crippen molar-refractivity contribution in [3.63, 3.8) is 0 Å². The van der Waals surface area contributed by atoms with Gasteiger partial charge in [0.25, 0.3) is 0 Å². The van der Waals surface area contributed by atoms with E-state index in [1.807, 2.05) is 13.0 Å². The lowest BCUT2D eigenvalue weighted by Crippen LogP contribution is -2.31. The minimum Gasteiger partial charge on any atom is -0.295 e. The van der Waals surface area contributed by atoms with Gasteiger partial charge in [0.2, 0.25) is 0 Å². The molecule has 76 valence electrons. The SMILES string of the molecule is C/C=C/C(=O)[C@H]1[C@H](C)C=CCC12CC2. The standard InChI is InChI=1S/C13H18O/c1-3-5-11(14)12-10(2)6-4-7-13(12)8-9-13/h3-6,10,12H,7-9H2,1-2H3/b5-3+/t10-,12-/m1/s1. The van der Waals surface area contributed by atoms with Gasteiger partial charge in [-0.15, -0.1) is 0 Å². The molecule has 1 heteroatoms. The van der Waals surface area contributed by atoms with E-state index in [4.69, 9.17) is 0 Å². The van der Waals surface area contributed by atoms with Crippen LogP contribution in [0.2, 0.25) is 0 Å². The van der Waals surface area contributed by atoms with E-state index in [1.165, 1.54) is 12.8 Å². The van der Waals surface area contributed by atoms with E-state index in [2.05, 4.69) is 19.1 Å². The van der Waals surface area contributed by atoms with Crippen LogP contribution in [0.15, 0.2) is 24.3 Å². The highest BCUT2D eigenvalue weighted by Crippen LogP contribution is 2.59. The van der Waals surface area contributed by atoms with Crippen molar-refractivity contribution in [2.24, 2.45) is 17.3 Å². The van der Waals surface area contributed by atoms with Gasteiger partial charge >= 0.3 is 0 Å². The summed E-state index contributed by atoms with van der Waals surface area (Å²) in [7, 11) is 0. The number of carbonyl (C=O) groups is 1. The maximum Gasteiger partial charge on any atom is 0.159 e. The number of hydrogen-bond donors (Lipinski definition) is 0. The molecule has 0 heterocycles. The van der Waals surface area contributed by atoms with Crippen molar-refractivity contribution in [1.82, 2.24) is 0 Å². The highest BCUT2D eigenvalue weighted by atomic mass is 16.1. The zero-order valence-electron chi connectivity index (χ0n) is 8.99. The average molecular weight is 190 g/mol. The van der Waals surface area contributed by atoms with Crippen LogP contribution < -0.4 is 0 Å². The lowest BCUT2D eigenvalue weighted by molar-refractivity contribution is -0.121. The second kappa shape index (κ2) is 3.38. The monoisotopic (exact) mass is 190 g/mol. The van der Waals surface area contributed by atoms with Gasteiger partial charge in [-0.25, -0.2) is 0 Å². The third kappa shape index (κ3) is 1.45. The van der Waals surface area contributed by atoms with Crippen LogP contribution in [-0.4, -0.2) is 5.78 Å². The molecule has 0 bridgehead atoms. The molecule has 1 fully saturated rings. The largest absolute Gasteiger partial charge is 0.295 e. The zero-order valence-corrected chi connectivity index (χ0v) is 8.99. The van der Waals surface area contributed by atoms with Crippen molar-refractivity contribution in [3.8, 4) is 0 Å². The van der Waals surface area contributed by atoms with Crippen LogP contribution >= 0.6 is 0 Å². The normalized spacial score (nSPS) is 33.9. The van der Waals surface area contributed by atoms with E-state index >= 15 is 0 Å². The summed E-state index contributed by atoms with van der Waals surface area (Å²) in [5.74, 6) is 1.01. The Balaban J connectivity index is 2.22. The Morgan fingerprint density at radius 1 is 1.50 bits per heavy atom. The van der Waals surface area contributed by atoms with Gasteiger partial charge in [-0.05, 0) is 43.6 Å². The number of carbonyl (C=O) groups excluding carboxylic acids is 1. The van der Waals surface area contributed by atoms with Gasteiger partial charge < -0.3 is 0 Å². The van der Waals surface area contributed by atoms with Crippen molar-refractivity contribution in [3.05, 3.63) is 24.3 Å². The maximum absolute atomic E-state index is 11.9. The van der Waals surface area contributed by atoms with Crippen LogP contribution in [0.5, 0.6) is 0 Å². The Hall–Kier alpha value is -0.850.